The molecule has 0 unspecified atom stereocenters. The fourth-order valence-electron chi connectivity index (χ4n) is 11.6. The molecule has 8 heteroatoms. The normalized spacial score (nSPS) is 30.3. The monoisotopic (exact) mass is 815 g/mol. The summed E-state index contributed by atoms with van der Waals surface area (Å²) >= 11 is 0. The van der Waals surface area contributed by atoms with E-state index in [0.29, 0.717) is 60.9 Å². The van der Waals surface area contributed by atoms with Crippen molar-refractivity contribution < 1.29 is 39.9 Å². The molecule has 0 amide bonds. The van der Waals surface area contributed by atoms with Gasteiger partial charge >= 0.3 is 5.97 Å². The Kier molecular flexibility index (Phi) is 14.4. The quantitative estimate of drug-likeness (QED) is 0.0453. The van der Waals surface area contributed by atoms with E-state index in [4.69, 9.17) is 4.74 Å². The molecule has 1 aromatic rings. The van der Waals surface area contributed by atoms with Crippen LogP contribution in [0.5, 0.6) is 11.5 Å². The maximum absolute atomic E-state index is 14.1. The molecule has 59 heavy (non-hydrogen) atoms. The van der Waals surface area contributed by atoms with Gasteiger partial charge in [0.1, 0.15) is 29.0 Å². The number of ether oxygens (including phenoxy) is 1. The van der Waals surface area contributed by atoms with E-state index >= 15 is 0 Å². The lowest BCUT2D eigenvalue weighted by Crippen LogP contribution is -2.53. The van der Waals surface area contributed by atoms with Gasteiger partial charge < -0.3 is 30.3 Å². The van der Waals surface area contributed by atoms with Crippen LogP contribution in [0.1, 0.15) is 145 Å². The van der Waals surface area contributed by atoms with Crippen LogP contribution in [0.15, 0.2) is 76.4 Å². The smallest absolute Gasteiger partial charge is 0.334 e. The number of hydrogen-bond donors (Lipinski definition) is 5. The van der Waals surface area contributed by atoms with Crippen molar-refractivity contribution >= 4 is 11.8 Å². The van der Waals surface area contributed by atoms with Crippen molar-refractivity contribution in [2.45, 2.75) is 157 Å². The first kappa shape index (κ1) is 46.6. The number of phenols is 2. The average Bonchev–Trinajstić information content (AvgIpc) is 3.47. The number of hydrogen-bond acceptors (Lipinski definition) is 8. The standard InChI is InChI=1S/C51H74O8/c1-33(12-10-14-34(2)31-52)13-11-15-36(17-18-37-30-38(54)19-21-42(37)55)46(57)59-45(51(9,58)32-53)23-16-35(3)39-24-28-50(8)41-20-22-43-47(4,5)44(56)26-27-48(43,6)40(41)25-29-49(39,50)7/h13-14,17,19-21,25,30,35,39,43,45,52-55,58H,10-12,15-16,18,22-24,26-29,31-32H2,1-9H3/b33-13+,34-14+,36-17-/t35-,39-,43+,45+,48-,49-,50+,51-/m1/s1. The number of rotatable bonds is 17. The highest BCUT2D eigenvalue weighted by Gasteiger charge is 2.63. The number of fused-ring (bicyclic) bond motifs is 5. The van der Waals surface area contributed by atoms with Crippen molar-refractivity contribution in [1.82, 2.24) is 0 Å². The van der Waals surface area contributed by atoms with Gasteiger partial charge in [0.05, 0.1) is 13.2 Å². The molecule has 2 saturated carbocycles. The topological polar surface area (TPSA) is 145 Å². The summed E-state index contributed by atoms with van der Waals surface area (Å²) in [5, 5.41) is 51.6. The number of carbonyl (C=O) groups excluding carboxylic acids is 2. The third kappa shape index (κ3) is 9.40. The maximum Gasteiger partial charge on any atom is 0.334 e. The number of aliphatic hydroxyl groups excluding tert-OH is 2. The predicted octanol–water partition coefficient (Wildman–Crippen LogP) is 10.2. The summed E-state index contributed by atoms with van der Waals surface area (Å²) in [6, 6.07) is 4.30. The van der Waals surface area contributed by atoms with Crippen molar-refractivity contribution in [2.24, 2.45) is 39.4 Å². The van der Waals surface area contributed by atoms with E-state index in [1.165, 1.54) is 36.3 Å². The number of aliphatic hydroxyl groups is 3. The van der Waals surface area contributed by atoms with Crippen LogP contribution in [0, 0.1) is 39.4 Å². The van der Waals surface area contributed by atoms with Crippen molar-refractivity contribution in [1.29, 1.82) is 0 Å². The fraction of sp³-hybridized carbons (Fsp3) is 0.647. The Morgan fingerprint density at radius 2 is 1.64 bits per heavy atom. The van der Waals surface area contributed by atoms with Gasteiger partial charge in [-0.25, -0.2) is 4.79 Å². The summed E-state index contributed by atoms with van der Waals surface area (Å²) < 4.78 is 6.17. The molecule has 0 aliphatic heterocycles. The molecule has 0 bridgehead atoms. The number of esters is 1. The van der Waals surface area contributed by atoms with E-state index in [-0.39, 0.29) is 52.1 Å². The van der Waals surface area contributed by atoms with Gasteiger partial charge in [-0.2, -0.15) is 0 Å². The predicted molar refractivity (Wildman–Crippen MR) is 235 cm³/mol. The van der Waals surface area contributed by atoms with E-state index < -0.39 is 24.3 Å². The van der Waals surface area contributed by atoms with Crippen LogP contribution in [0.2, 0.25) is 0 Å². The third-order valence-electron chi connectivity index (χ3n) is 16.0. The van der Waals surface area contributed by atoms with E-state index in [9.17, 15) is 35.1 Å². The Balaban J connectivity index is 1.32. The summed E-state index contributed by atoms with van der Waals surface area (Å²) in [4.78, 5) is 27.1. The van der Waals surface area contributed by atoms with Gasteiger partial charge in [-0.05, 0) is 161 Å². The second kappa shape index (κ2) is 18.3. The number of ketones is 1. The number of allylic oxidation sites excluding steroid dienone is 8. The minimum absolute atomic E-state index is 0.00356. The van der Waals surface area contributed by atoms with Gasteiger partial charge in [0.25, 0.3) is 0 Å². The van der Waals surface area contributed by atoms with Gasteiger partial charge in [-0.1, -0.05) is 83.1 Å². The molecule has 0 radical (unpaired) electrons. The molecule has 4 aliphatic carbocycles. The first-order valence-electron chi connectivity index (χ1n) is 22.3. The molecule has 0 heterocycles. The van der Waals surface area contributed by atoms with Crippen LogP contribution >= 0.6 is 0 Å². The number of carbonyl (C=O) groups is 2. The van der Waals surface area contributed by atoms with Crippen LogP contribution in [-0.4, -0.2) is 62.2 Å². The Bertz CT molecular complexity index is 1880. The average molecular weight is 815 g/mol. The zero-order valence-electron chi connectivity index (χ0n) is 37.5. The van der Waals surface area contributed by atoms with Crippen LogP contribution in [0.4, 0.5) is 0 Å². The molecule has 8 atom stereocenters. The lowest BCUT2D eigenvalue weighted by molar-refractivity contribution is -0.165. The second-order valence-corrected chi connectivity index (χ2v) is 20.2. The van der Waals surface area contributed by atoms with Crippen LogP contribution in [0.3, 0.4) is 0 Å². The summed E-state index contributed by atoms with van der Waals surface area (Å²) in [6.07, 6.45) is 19.4. The summed E-state index contributed by atoms with van der Waals surface area (Å²) in [5.41, 5.74) is 3.95. The number of phenolic OH excluding ortho intramolecular Hbond substituents is 2. The molecule has 0 saturated heterocycles. The molecule has 5 N–H and O–H groups in total. The zero-order valence-corrected chi connectivity index (χ0v) is 37.5. The lowest BCUT2D eigenvalue weighted by Gasteiger charge is -2.59. The molecule has 0 spiro atoms. The molecular formula is C51H74O8. The van der Waals surface area contributed by atoms with Crippen LogP contribution < -0.4 is 0 Å². The molecule has 2 fully saturated rings. The van der Waals surface area contributed by atoms with Gasteiger partial charge in [0, 0.05) is 23.0 Å². The molecule has 1 aromatic carbocycles. The minimum Gasteiger partial charge on any atom is -0.508 e. The van der Waals surface area contributed by atoms with Crippen molar-refractivity contribution in [3.63, 3.8) is 0 Å². The fourth-order valence-corrected chi connectivity index (χ4v) is 11.6. The van der Waals surface area contributed by atoms with Crippen molar-refractivity contribution in [2.75, 3.05) is 13.2 Å². The highest BCUT2D eigenvalue weighted by molar-refractivity contribution is 5.88. The van der Waals surface area contributed by atoms with Gasteiger partial charge in [-0.3, -0.25) is 4.79 Å². The minimum atomic E-state index is -1.66. The highest BCUT2D eigenvalue weighted by atomic mass is 16.6. The largest absolute Gasteiger partial charge is 0.508 e. The number of Topliss-reactive ketones (excluding diaryl/α,β-unsaturated/α-hetero) is 1. The maximum atomic E-state index is 14.1. The molecular weight excluding hydrogens is 741 g/mol. The van der Waals surface area contributed by atoms with E-state index in [2.05, 4.69) is 59.8 Å². The molecule has 8 nitrogen and oxygen atoms in total. The van der Waals surface area contributed by atoms with E-state index in [1.54, 1.807) is 6.08 Å². The Morgan fingerprint density at radius 3 is 2.34 bits per heavy atom. The van der Waals surface area contributed by atoms with Crippen molar-refractivity contribution in [3.8, 4) is 11.5 Å². The highest BCUT2D eigenvalue weighted by Crippen LogP contribution is 2.71. The first-order chi connectivity index (χ1) is 27.6. The molecule has 5 rings (SSSR count). The summed E-state index contributed by atoms with van der Waals surface area (Å²) in [7, 11) is 0. The Hall–Kier alpha value is -3.46. The molecule has 4 aliphatic rings. The zero-order chi connectivity index (χ0) is 43.6. The second-order valence-electron chi connectivity index (χ2n) is 20.2. The van der Waals surface area contributed by atoms with Crippen LogP contribution in [0.25, 0.3) is 0 Å². The van der Waals surface area contributed by atoms with E-state index in [1.807, 2.05) is 19.9 Å². The summed E-state index contributed by atoms with van der Waals surface area (Å²) in [5.74, 6) is 0.813. The Labute approximate surface area is 354 Å². The summed E-state index contributed by atoms with van der Waals surface area (Å²) in [6.45, 7) is 18.9. The van der Waals surface area contributed by atoms with Gasteiger partial charge in [-0.15, -0.1) is 0 Å². The SMILES string of the molecule is C/C(=C\CC/C(C)=C/CC/C(=C/Cc1cc(O)ccc1O)C(=O)O[C@@H](CC[C@@H](C)[C@H]1CC[C@@]2(C)C3=CC[C@H]4C(C)(C)C(=O)CC[C@]4(C)C3=CC[C@]12C)[C@](C)(O)CO)CO. The molecule has 0 aromatic heterocycles. The number of aromatic hydroxyl groups is 2. The van der Waals surface area contributed by atoms with Gasteiger partial charge in [0.15, 0.2) is 0 Å². The van der Waals surface area contributed by atoms with E-state index in [0.717, 1.165) is 56.1 Å². The Morgan fingerprint density at radius 1 is 0.949 bits per heavy atom. The van der Waals surface area contributed by atoms with Gasteiger partial charge in [0.2, 0.25) is 0 Å². The number of benzene rings is 1. The van der Waals surface area contributed by atoms with Crippen molar-refractivity contribution in [3.05, 3.63) is 82.0 Å². The van der Waals surface area contributed by atoms with Crippen LogP contribution in [-0.2, 0) is 20.7 Å². The lowest BCUT2D eigenvalue weighted by atomic mass is 9.44. The molecule has 326 valence electrons. The third-order valence-corrected chi connectivity index (χ3v) is 16.0. The first-order valence-corrected chi connectivity index (χ1v) is 22.3.